The second-order valence-electron chi connectivity index (χ2n) is 5.27. The number of ether oxygens (including phenoxy) is 3. The molecule has 2 heterocycles. The maximum Gasteiger partial charge on any atom is 0.415 e. The van der Waals surface area contributed by atoms with E-state index in [1.54, 1.807) is 6.20 Å². The lowest BCUT2D eigenvalue weighted by Gasteiger charge is -2.32. The van der Waals surface area contributed by atoms with Gasteiger partial charge in [-0.3, -0.25) is 4.90 Å². The van der Waals surface area contributed by atoms with Crippen molar-refractivity contribution in [3.05, 3.63) is 10.7 Å². The van der Waals surface area contributed by atoms with Crippen molar-refractivity contribution in [1.82, 2.24) is 4.98 Å². The number of halogens is 1. The Morgan fingerprint density at radius 2 is 2.20 bits per heavy atom. The zero-order valence-electron chi connectivity index (χ0n) is 11.9. The van der Waals surface area contributed by atoms with Crippen molar-refractivity contribution in [3.8, 4) is 11.6 Å². The number of hydrogen-bond acceptors (Lipinski definition) is 5. The minimum atomic E-state index is -0.567. The number of methoxy groups -OCH3 is 1. The summed E-state index contributed by atoms with van der Waals surface area (Å²) in [5, 5.41) is 0. The molecule has 1 aliphatic heterocycles. The standard InChI is InChI=1S/C13H17BrN2O4/c1-13(2,3)20-12(17)16-5-6-19-11-9(16)10(18-4)8(14)7-15-11/h7H,5-6H2,1-4H3. The third-order valence-corrected chi connectivity index (χ3v) is 3.14. The lowest BCUT2D eigenvalue weighted by molar-refractivity contribution is 0.0565. The van der Waals surface area contributed by atoms with Crippen LogP contribution in [0.2, 0.25) is 0 Å². The summed E-state index contributed by atoms with van der Waals surface area (Å²) in [5.41, 5.74) is -0.0789. The van der Waals surface area contributed by atoms with Crippen LogP contribution in [0.1, 0.15) is 20.8 Å². The number of nitrogens with zero attached hydrogens (tertiary/aromatic N) is 2. The minimum absolute atomic E-state index is 0.363. The molecule has 7 heteroatoms. The van der Waals surface area contributed by atoms with Crippen LogP contribution in [-0.4, -0.2) is 36.9 Å². The molecule has 0 bridgehead atoms. The largest absolute Gasteiger partial charge is 0.493 e. The highest BCUT2D eigenvalue weighted by molar-refractivity contribution is 9.10. The molecule has 20 heavy (non-hydrogen) atoms. The van der Waals surface area contributed by atoms with Gasteiger partial charge >= 0.3 is 6.09 Å². The zero-order valence-corrected chi connectivity index (χ0v) is 13.5. The summed E-state index contributed by atoms with van der Waals surface area (Å²) >= 11 is 3.35. The number of pyridine rings is 1. The smallest absolute Gasteiger partial charge is 0.415 e. The Kier molecular flexibility index (Phi) is 4.08. The molecule has 6 nitrogen and oxygen atoms in total. The first-order valence-electron chi connectivity index (χ1n) is 6.19. The van der Waals surface area contributed by atoms with Crippen molar-refractivity contribution in [2.75, 3.05) is 25.2 Å². The van der Waals surface area contributed by atoms with Gasteiger partial charge in [0.05, 0.1) is 18.1 Å². The van der Waals surface area contributed by atoms with Gasteiger partial charge in [-0.25, -0.2) is 9.78 Å². The lowest BCUT2D eigenvalue weighted by Crippen LogP contribution is -2.42. The van der Waals surface area contributed by atoms with E-state index in [0.29, 0.717) is 34.9 Å². The van der Waals surface area contributed by atoms with Gasteiger partial charge in [0.1, 0.15) is 12.2 Å². The summed E-state index contributed by atoms with van der Waals surface area (Å²) in [4.78, 5) is 18.0. The number of rotatable bonds is 1. The van der Waals surface area contributed by atoms with E-state index in [2.05, 4.69) is 20.9 Å². The number of carbonyl (C=O) groups is 1. The molecule has 0 saturated heterocycles. The van der Waals surface area contributed by atoms with E-state index in [4.69, 9.17) is 14.2 Å². The van der Waals surface area contributed by atoms with Gasteiger partial charge in [0, 0.05) is 6.20 Å². The Labute approximate surface area is 126 Å². The Morgan fingerprint density at radius 1 is 1.50 bits per heavy atom. The van der Waals surface area contributed by atoms with Gasteiger partial charge in [-0.2, -0.15) is 0 Å². The average Bonchev–Trinajstić information content (AvgIpc) is 2.36. The molecule has 0 aliphatic carbocycles. The Morgan fingerprint density at radius 3 is 2.80 bits per heavy atom. The van der Waals surface area contributed by atoms with Crippen molar-refractivity contribution in [1.29, 1.82) is 0 Å². The summed E-state index contributed by atoms with van der Waals surface area (Å²) in [7, 11) is 1.53. The molecule has 0 fully saturated rings. The van der Waals surface area contributed by atoms with Crippen LogP contribution in [0.25, 0.3) is 0 Å². The van der Waals surface area contributed by atoms with Crippen LogP contribution in [-0.2, 0) is 4.74 Å². The summed E-state index contributed by atoms with van der Waals surface area (Å²) in [5.74, 6) is 0.864. The van der Waals surface area contributed by atoms with Crippen LogP contribution in [0.15, 0.2) is 10.7 Å². The number of hydrogen-bond donors (Lipinski definition) is 0. The van der Waals surface area contributed by atoms with Gasteiger partial charge in [-0.15, -0.1) is 0 Å². The third kappa shape index (κ3) is 2.98. The summed E-state index contributed by atoms with van der Waals surface area (Å²) in [6.45, 7) is 6.22. The molecule has 1 aliphatic rings. The molecule has 0 saturated carbocycles. The monoisotopic (exact) mass is 344 g/mol. The van der Waals surface area contributed by atoms with E-state index in [9.17, 15) is 4.79 Å². The fraction of sp³-hybridized carbons (Fsp3) is 0.538. The maximum absolute atomic E-state index is 12.3. The topological polar surface area (TPSA) is 60.9 Å². The number of anilines is 1. The summed E-state index contributed by atoms with van der Waals surface area (Å²) in [6, 6.07) is 0. The predicted octanol–water partition coefficient (Wildman–Crippen LogP) is 2.99. The van der Waals surface area contributed by atoms with Gasteiger partial charge < -0.3 is 14.2 Å². The molecule has 2 rings (SSSR count). The number of amides is 1. The van der Waals surface area contributed by atoms with Gasteiger partial charge in [0.2, 0.25) is 5.88 Å². The second kappa shape index (κ2) is 5.47. The molecular weight excluding hydrogens is 328 g/mol. The number of carbonyl (C=O) groups excluding carboxylic acids is 1. The summed E-state index contributed by atoms with van der Waals surface area (Å²) in [6.07, 6.45) is 1.14. The van der Waals surface area contributed by atoms with Crippen molar-refractivity contribution < 1.29 is 19.0 Å². The molecule has 0 aromatic carbocycles. The van der Waals surface area contributed by atoms with Crippen molar-refractivity contribution in [3.63, 3.8) is 0 Å². The van der Waals surface area contributed by atoms with Gasteiger partial charge in [0.15, 0.2) is 11.4 Å². The average molecular weight is 345 g/mol. The van der Waals surface area contributed by atoms with Crippen LogP contribution in [0, 0.1) is 0 Å². The van der Waals surface area contributed by atoms with Crippen LogP contribution in [0.4, 0.5) is 10.5 Å². The van der Waals surface area contributed by atoms with E-state index in [1.807, 2.05) is 20.8 Å². The van der Waals surface area contributed by atoms with Crippen LogP contribution < -0.4 is 14.4 Å². The van der Waals surface area contributed by atoms with Gasteiger partial charge in [-0.05, 0) is 36.7 Å². The van der Waals surface area contributed by atoms with Crippen LogP contribution in [0.5, 0.6) is 11.6 Å². The van der Waals surface area contributed by atoms with Crippen molar-refractivity contribution >= 4 is 27.7 Å². The van der Waals surface area contributed by atoms with E-state index >= 15 is 0 Å². The zero-order chi connectivity index (χ0) is 14.9. The highest BCUT2D eigenvalue weighted by Gasteiger charge is 2.32. The molecule has 0 N–H and O–H groups in total. The van der Waals surface area contributed by atoms with E-state index in [0.717, 1.165) is 0 Å². The molecule has 110 valence electrons. The van der Waals surface area contributed by atoms with Crippen LogP contribution >= 0.6 is 15.9 Å². The first-order valence-corrected chi connectivity index (χ1v) is 6.98. The molecule has 0 unspecified atom stereocenters. The molecule has 0 spiro atoms. The van der Waals surface area contributed by atoms with Crippen LogP contribution in [0.3, 0.4) is 0 Å². The van der Waals surface area contributed by atoms with E-state index < -0.39 is 11.7 Å². The van der Waals surface area contributed by atoms with Crippen molar-refractivity contribution in [2.45, 2.75) is 26.4 Å². The lowest BCUT2D eigenvalue weighted by atomic mass is 10.2. The molecule has 1 amide bonds. The highest BCUT2D eigenvalue weighted by atomic mass is 79.9. The Hall–Kier alpha value is -1.50. The summed E-state index contributed by atoms with van der Waals surface area (Å²) < 4.78 is 16.9. The number of fused-ring (bicyclic) bond motifs is 1. The molecule has 0 radical (unpaired) electrons. The minimum Gasteiger partial charge on any atom is -0.493 e. The van der Waals surface area contributed by atoms with Crippen molar-refractivity contribution in [2.24, 2.45) is 0 Å². The highest BCUT2D eigenvalue weighted by Crippen LogP contribution is 2.43. The predicted molar refractivity (Wildman–Crippen MR) is 77.6 cm³/mol. The molecule has 1 aromatic heterocycles. The number of aromatic nitrogens is 1. The Bertz CT molecular complexity index is 528. The first-order chi connectivity index (χ1) is 9.33. The maximum atomic E-state index is 12.3. The van der Waals surface area contributed by atoms with E-state index in [-0.39, 0.29) is 0 Å². The first kappa shape index (κ1) is 14.9. The normalized spacial score (nSPS) is 14.3. The van der Waals surface area contributed by atoms with E-state index in [1.165, 1.54) is 12.0 Å². The molecule has 1 aromatic rings. The SMILES string of the molecule is COc1c(Br)cnc2c1N(C(=O)OC(C)(C)C)CCO2. The van der Waals surface area contributed by atoms with Gasteiger partial charge in [0.25, 0.3) is 0 Å². The second-order valence-corrected chi connectivity index (χ2v) is 6.13. The fourth-order valence-corrected chi connectivity index (χ4v) is 2.28. The quantitative estimate of drug-likeness (QED) is 0.783. The molecule has 0 atom stereocenters. The van der Waals surface area contributed by atoms with Gasteiger partial charge in [-0.1, -0.05) is 0 Å². The fourth-order valence-electron chi connectivity index (χ4n) is 1.83. The molecular formula is C13H17BrN2O4. The third-order valence-electron chi connectivity index (χ3n) is 2.57. The Balaban J connectivity index is 2.41.